The Morgan fingerprint density at radius 3 is 1.36 bits per heavy atom. The number of aromatic nitrogens is 9. The molecule has 0 bridgehead atoms. The molecule has 1 saturated carbocycles. The Kier molecular flexibility index (Phi) is 27.2. The van der Waals surface area contributed by atoms with Crippen LogP contribution in [0.15, 0.2) is 206 Å². The van der Waals surface area contributed by atoms with Crippen LogP contribution in [0.5, 0.6) is 0 Å². The highest BCUT2D eigenvalue weighted by atomic mass is 19.4. The fraction of sp³-hybridized carbons (Fsp3) is 0.242. The molecule has 5 atom stereocenters. The summed E-state index contributed by atoms with van der Waals surface area (Å²) < 4.78 is 227. The van der Waals surface area contributed by atoms with Gasteiger partial charge in [-0.05, 0) is 188 Å². The summed E-state index contributed by atoms with van der Waals surface area (Å²) in [6, 6.07) is 40.1. The van der Waals surface area contributed by atoms with Crippen LogP contribution in [0.2, 0.25) is 0 Å². The minimum absolute atomic E-state index is 0.0402. The second kappa shape index (κ2) is 38.0. The topological polar surface area (TPSA) is 235 Å². The molecule has 6 aromatic carbocycles. The number of carbonyl (C=O) groups is 6. The van der Waals surface area contributed by atoms with E-state index in [2.05, 4.69) is 30.1 Å². The number of benzene rings is 6. The second-order valence-electron chi connectivity index (χ2n) is 31.3. The monoisotopic (exact) mass is 1770 g/mol. The summed E-state index contributed by atoms with van der Waals surface area (Å²) >= 11 is 0. The maximum absolute atomic E-state index is 14.9. The molecular formula is C95H72F16N10O7. The van der Waals surface area contributed by atoms with Gasteiger partial charge in [0.2, 0.25) is 0 Å². The van der Waals surface area contributed by atoms with Crippen molar-refractivity contribution in [3.05, 3.63) is 342 Å². The molecule has 0 saturated heterocycles. The van der Waals surface area contributed by atoms with Crippen molar-refractivity contribution in [3.63, 3.8) is 0 Å². The lowest BCUT2D eigenvalue weighted by molar-refractivity contribution is -0.146. The molecule has 656 valence electrons. The van der Waals surface area contributed by atoms with E-state index < -0.39 is 166 Å². The van der Waals surface area contributed by atoms with Gasteiger partial charge >= 0.3 is 12.4 Å². The lowest BCUT2D eigenvalue weighted by atomic mass is 9.86. The van der Waals surface area contributed by atoms with Gasteiger partial charge in [0, 0.05) is 134 Å². The molecule has 15 rings (SSSR count). The quantitative estimate of drug-likeness (QED) is 0.0344. The molecule has 2 aliphatic carbocycles. The van der Waals surface area contributed by atoms with E-state index in [0.717, 1.165) is 64.3 Å². The summed E-state index contributed by atoms with van der Waals surface area (Å²) in [5.41, 5.74) is 0.328. The third-order valence-electron chi connectivity index (χ3n) is 21.8. The number of carbonyl (C=O) groups excluding carboxylic acids is 6. The summed E-state index contributed by atoms with van der Waals surface area (Å²) in [4.78, 5) is 107. The molecule has 0 amide bonds. The van der Waals surface area contributed by atoms with Crippen molar-refractivity contribution in [1.82, 2.24) is 44.1 Å². The molecule has 0 spiro atoms. The van der Waals surface area contributed by atoms with E-state index in [9.17, 15) is 104 Å². The Bertz CT molecular complexity index is 6570. The van der Waals surface area contributed by atoms with Crippen LogP contribution in [-0.4, -0.2) is 78.8 Å². The molecule has 128 heavy (non-hydrogen) atoms. The van der Waals surface area contributed by atoms with Gasteiger partial charge in [-0.15, -0.1) is 0 Å². The van der Waals surface area contributed by atoms with Gasteiger partial charge in [-0.2, -0.15) is 41.8 Å². The Hall–Kier alpha value is -14.1. The number of hydrogen-bond donors (Lipinski definition) is 0. The van der Waals surface area contributed by atoms with Crippen LogP contribution < -0.4 is 5.56 Å². The van der Waals surface area contributed by atoms with Crippen molar-refractivity contribution in [2.24, 2.45) is 5.92 Å². The van der Waals surface area contributed by atoms with E-state index in [4.69, 9.17) is 5.26 Å². The summed E-state index contributed by atoms with van der Waals surface area (Å²) in [5, 5.41) is 16.7. The zero-order chi connectivity index (χ0) is 92.1. The highest BCUT2D eigenvalue weighted by Crippen LogP contribution is 2.62. The van der Waals surface area contributed by atoms with Crippen LogP contribution in [0.1, 0.15) is 175 Å². The molecule has 0 radical (unpaired) electrons. The number of halogens is 16. The van der Waals surface area contributed by atoms with Crippen molar-refractivity contribution in [2.45, 2.75) is 141 Å². The molecule has 1 fully saturated rings. The number of nitriles is 1. The predicted octanol–water partition coefficient (Wildman–Crippen LogP) is 20.8. The first kappa shape index (κ1) is 91.6. The zero-order valence-electron chi connectivity index (χ0n) is 68.1. The maximum atomic E-state index is 14.9. The zero-order valence-corrected chi connectivity index (χ0v) is 68.1. The van der Waals surface area contributed by atoms with E-state index in [1.165, 1.54) is 92.5 Å². The summed E-state index contributed by atoms with van der Waals surface area (Å²) in [6.07, 6.45) is -4.74. The molecular weight excluding hydrogens is 1700 g/mol. The molecule has 2 aliphatic rings. The molecule has 7 aromatic heterocycles. The first-order valence-electron chi connectivity index (χ1n) is 39.7. The van der Waals surface area contributed by atoms with E-state index >= 15 is 0 Å². The number of ketones is 6. The summed E-state index contributed by atoms with van der Waals surface area (Å²) in [6.45, 7) is 4.12. The highest BCUT2D eigenvalue weighted by molar-refractivity contribution is 5.97. The Morgan fingerprint density at radius 2 is 0.930 bits per heavy atom. The Morgan fingerprint density at radius 1 is 0.492 bits per heavy atom. The maximum Gasteiger partial charge on any atom is 0.436 e. The number of Topliss-reactive ketones (excluding diaryl/α,β-unsaturated/α-hetero) is 6. The number of aryl methyl sites for hydroxylation is 1. The van der Waals surface area contributed by atoms with Gasteiger partial charge in [-0.3, -0.25) is 62.9 Å². The van der Waals surface area contributed by atoms with Crippen molar-refractivity contribution in [3.8, 4) is 39.4 Å². The largest absolute Gasteiger partial charge is 0.436 e. The summed E-state index contributed by atoms with van der Waals surface area (Å²) in [7, 11) is 0. The van der Waals surface area contributed by atoms with Crippen LogP contribution in [0, 0.1) is 70.7 Å². The van der Waals surface area contributed by atoms with Gasteiger partial charge in [0.1, 0.15) is 63.9 Å². The lowest BCUT2D eigenvalue weighted by Crippen LogP contribution is -2.26. The smallest absolute Gasteiger partial charge is 0.301 e. The third kappa shape index (κ3) is 21.5. The van der Waals surface area contributed by atoms with Crippen molar-refractivity contribution in [2.75, 3.05) is 0 Å². The second-order valence-corrected chi connectivity index (χ2v) is 31.3. The van der Waals surface area contributed by atoms with E-state index in [-0.39, 0.29) is 107 Å². The first-order chi connectivity index (χ1) is 60.7. The highest BCUT2D eigenvalue weighted by Gasteiger charge is 2.60. The molecule has 17 nitrogen and oxygen atoms in total. The van der Waals surface area contributed by atoms with Gasteiger partial charge in [-0.1, -0.05) is 48.5 Å². The predicted molar refractivity (Wildman–Crippen MR) is 436 cm³/mol. The Balaban J connectivity index is 0.000000164. The fourth-order valence-corrected chi connectivity index (χ4v) is 16.3. The third-order valence-corrected chi connectivity index (χ3v) is 21.8. The van der Waals surface area contributed by atoms with Gasteiger partial charge in [-0.25, -0.2) is 43.9 Å². The van der Waals surface area contributed by atoms with Crippen molar-refractivity contribution < 1.29 is 99.0 Å². The molecule has 0 N–H and O–H groups in total. The first-order valence-corrected chi connectivity index (χ1v) is 39.7. The molecule has 2 unspecified atom stereocenters. The number of pyridine rings is 5. The van der Waals surface area contributed by atoms with Gasteiger partial charge in [0.25, 0.3) is 11.5 Å². The number of alkyl halides is 8. The Labute approximate surface area is 718 Å². The van der Waals surface area contributed by atoms with Crippen LogP contribution in [0.25, 0.3) is 44.3 Å². The average molecular weight is 1770 g/mol. The van der Waals surface area contributed by atoms with Crippen molar-refractivity contribution in [1.29, 1.82) is 5.26 Å². The number of para-hydroxylation sites is 1. The number of fused-ring (bicyclic) bond motifs is 4. The average Bonchev–Trinajstić information content (AvgIpc) is 1.54. The van der Waals surface area contributed by atoms with E-state index in [1.54, 1.807) is 54.7 Å². The molecule has 33 heteroatoms. The number of rotatable bonds is 27. The SMILES string of the molecule is CC(=O)c1cc(-c2cccnc2[C@@H](CC(=O)Cn2c(=O)cc(C)c3ccccc32)Cc2cc(F)cc(F)c2)ccn1.CC(=O)c1cc(-c2cccnc2[C@@H](CC(=O)Cn2cc(C#N)c(C(F)(F)F)n2)Cc2cc(F)cc(F)c2)ccc1F.CC(=O)c1cc(-c2cccnc2[C@@H](CC(=O)Cn2nc(C(F)(F)F)c3c2C2CC2CC3(F)F)Cc2cc(F)cc(F)c2)ccc1F. The standard InChI is InChI=1S/C33H25F8N3O2.C33H27F2N3O3.C29H20F6N4O2/c1-16(45)25-11-18(4-5-27(25)36)24-3-2-6-42-29(24)19(7-17-8-21(34)13-22(35)9-17)10-23(46)15-44-30-26-12-20(26)14-32(37,38)28(30)31(43-44)33(39,40)41;1-20-12-32(41)38(31-8-4-3-6-28(20)31)19-27(40)16-24(13-22-14-25(34)18-26(35)15-22)33-29(7-5-10-37-33)23-9-11-36-30(17-23)21(2)39;1-16(40)25-11-18(4-5-26(25)32)24-3-2-6-37-27(24)19(7-17-8-21(30)12-22(31)9-17)10-23(41)15-39-14-20(13-36)28(38-39)29(33,34)35/h2-6,8-9,11,13,19-20,26H,7,10,12,14-15H2,1H3;3-12,14-15,17-18,24H,13,16,19H2,1-2H3;2-6,8-9,11-12,14,19H,7,10,15H2,1H3/t19-,20?,26?;24-;19-/m111/s1. The van der Waals surface area contributed by atoms with Crippen LogP contribution in [-0.2, 0) is 71.6 Å². The molecule has 13 aromatic rings. The minimum Gasteiger partial charge on any atom is -0.301 e. The number of hydrogen-bond acceptors (Lipinski definition) is 14. The fourth-order valence-electron chi connectivity index (χ4n) is 16.3. The van der Waals surface area contributed by atoms with Gasteiger partial charge in [0.05, 0.1) is 64.6 Å². The van der Waals surface area contributed by atoms with E-state index in [0.29, 0.717) is 67.0 Å². The lowest BCUT2D eigenvalue weighted by Gasteiger charge is -2.24. The normalized spacial score (nSPS) is 14.5. The van der Waals surface area contributed by atoms with Gasteiger partial charge in [0.15, 0.2) is 46.1 Å². The summed E-state index contributed by atoms with van der Waals surface area (Å²) in [5.74, 6) is -16.4. The number of nitrogens with zero attached hydrogens (tertiary/aromatic N) is 10. The van der Waals surface area contributed by atoms with Crippen molar-refractivity contribution >= 4 is 45.6 Å². The van der Waals surface area contributed by atoms with Crippen LogP contribution in [0.4, 0.5) is 70.2 Å². The van der Waals surface area contributed by atoms with Gasteiger partial charge < -0.3 is 4.57 Å². The van der Waals surface area contributed by atoms with E-state index in [1.807, 2.05) is 31.2 Å². The molecule has 0 aliphatic heterocycles. The minimum atomic E-state index is -5.18. The molecule has 7 heterocycles. The van der Waals surface area contributed by atoms with Crippen LogP contribution in [0.3, 0.4) is 0 Å². The van der Waals surface area contributed by atoms with Crippen LogP contribution >= 0.6 is 0 Å².